The Bertz CT molecular complexity index is 898. The molecule has 0 spiro atoms. The van der Waals surface area contributed by atoms with Crippen molar-refractivity contribution in [2.75, 3.05) is 22.5 Å². The quantitative estimate of drug-likeness (QED) is 0.615. The Balaban J connectivity index is 1.57. The normalized spacial score (nSPS) is 12.4. The van der Waals surface area contributed by atoms with Gasteiger partial charge >= 0.3 is 0 Å². The number of nitrogens with one attached hydrogen (secondary N) is 1. The molecular weight excluding hydrogens is 384 g/mol. The molecule has 0 atom stereocenters. The van der Waals surface area contributed by atoms with Crippen molar-refractivity contribution in [3.05, 3.63) is 48.5 Å². The summed E-state index contributed by atoms with van der Waals surface area (Å²) in [6, 6.07) is 16.0. The van der Waals surface area contributed by atoms with Gasteiger partial charge in [0.15, 0.2) is 4.34 Å². The van der Waals surface area contributed by atoms with Gasteiger partial charge in [0.25, 0.3) is 0 Å². The third-order valence-electron chi connectivity index (χ3n) is 3.74. The third kappa shape index (κ3) is 3.44. The first kappa shape index (κ1) is 17.4. The van der Waals surface area contributed by atoms with Gasteiger partial charge in [0.2, 0.25) is 11.0 Å². The highest BCUT2D eigenvalue weighted by Crippen LogP contribution is 2.48. The lowest BCUT2D eigenvalue weighted by Crippen LogP contribution is -2.29. The van der Waals surface area contributed by atoms with Crippen molar-refractivity contribution in [2.24, 2.45) is 0 Å². The van der Waals surface area contributed by atoms with Gasteiger partial charge in [-0.2, -0.15) is 0 Å². The van der Waals surface area contributed by atoms with Crippen molar-refractivity contribution in [3.8, 4) is 0 Å². The molecule has 3 aromatic rings. The fourth-order valence-electron chi connectivity index (χ4n) is 2.65. The van der Waals surface area contributed by atoms with Gasteiger partial charge in [-0.25, -0.2) is 0 Å². The van der Waals surface area contributed by atoms with Gasteiger partial charge in [-0.15, -0.1) is 10.2 Å². The highest BCUT2D eigenvalue weighted by molar-refractivity contribution is 8.01. The van der Waals surface area contributed by atoms with Crippen LogP contribution >= 0.6 is 34.9 Å². The van der Waals surface area contributed by atoms with E-state index in [2.05, 4.69) is 27.6 Å². The molecule has 1 aliphatic heterocycles. The zero-order chi connectivity index (χ0) is 17.9. The van der Waals surface area contributed by atoms with E-state index in [9.17, 15) is 4.79 Å². The maximum Gasteiger partial charge on any atom is 0.242 e. The Morgan fingerprint density at radius 2 is 1.73 bits per heavy atom. The maximum absolute atomic E-state index is 13.1. The van der Waals surface area contributed by atoms with Crippen LogP contribution in [0.5, 0.6) is 0 Å². The van der Waals surface area contributed by atoms with Crippen LogP contribution in [0, 0.1) is 0 Å². The monoisotopic (exact) mass is 400 g/mol. The van der Waals surface area contributed by atoms with Crippen LogP contribution in [-0.4, -0.2) is 28.4 Å². The summed E-state index contributed by atoms with van der Waals surface area (Å²) in [5, 5.41) is 12.1. The Labute approximate surface area is 164 Å². The highest BCUT2D eigenvalue weighted by atomic mass is 32.2. The van der Waals surface area contributed by atoms with Crippen LogP contribution in [0.1, 0.15) is 6.92 Å². The minimum Gasteiger partial charge on any atom is -0.360 e. The summed E-state index contributed by atoms with van der Waals surface area (Å²) < 4.78 is 0.794. The molecule has 4 rings (SSSR count). The van der Waals surface area contributed by atoms with E-state index < -0.39 is 0 Å². The molecule has 0 saturated heterocycles. The van der Waals surface area contributed by atoms with Crippen LogP contribution in [0.2, 0.25) is 0 Å². The van der Waals surface area contributed by atoms with Crippen LogP contribution in [0.3, 0.4) is 0 Å². The predicted octanol–water partition coefficient (Wildman–Crippen LogP) is 4.89. The van der Waals surface area contributed by atoms with E-state index in [-0.39, 0.29) is 5.91 Å². The van der Waals surface area contributed by atoms with Crippen molar-refractivity contribution in [1.82, 2.24) is 10.2 Å². The van der Waals surface area contributed by atoms with Crippen molar-refractivity contribution in [3.63, 3.8) is 0 Å². The molecule has 5 nitrogen and oxygen atoms in total. The molecule has 26 heavy (non-hydrogen) atoms. The standard InChI is InChI=1S/C18H16N4OS3/c1-2-19-17-20-21-18(26-17)24-11-16(23)22-12-7-3-5-9-14(12)25-15-10-6-4-8-13(15)22/h3-10H,2,11H2,1H3,(H,19,20). The summed E-state index contributed by atoms with van der Waals surface area (Å²) in [5.74, 6) is 0.351. The molecule has 0 bridgehead atoms. The van der Waals surface area contributed by atoms with E-state index in [1.807, 2.05) is 48.2 Å². The second kappa shape index (κ2) is 7.69. The Morgan fingerprint density at radius 1 is 1.08 bits per heavy atom. The lowest BCUT2D eigenvalue weighted by Gasteiger charge is -2.30. The smallest absolute Gasteiger partial charge is 0.242 e. The van der Waals surface area contributed by atoms with Gasteiger partial charge < -0.3 is 5.32 Å². The number of carbonyl (C=O) groups is 1. The number of rotatable bonds is 5. The number of para-hydroxylation sites is 2. The summed E-state index contributed by atoms with van der Waals surface area (Å²) >= 11 is 4.59. The molecule has 132 valence electrons. The van der Waals surface area contributed by atoms with E-state index in [0.29, 0.717) is 5.75 Å². The zero-order valence-electron chi connectivity index (χ0n) is 14.0. The van der Waals surface area contributed by atoms with E-state index in [4.69, 9.17) is 0 Å². The largest absolute Gasteiger partial charge is 0.360 e. The highest BCUT2D eigenvalue weighted by Gasteiger charge is 2.27. The Morgan fingerprint density at radius 3 is 2.38 bits per heavy atom. The summed E-state index contributed by atoms with van der Waals surface area (Å²) in [6.07, 6.45) is 0. The first-order valence-electron chi connectivity index (χ1n) is 8.15. The number of aromatic nitrogens is 2. The molecular formula is C18H16N4OS3. The van der Waals surface area contributed by atoms with E-state index in [1.54, 1.807) is 11.8 Å². The molecule has 0 aliphatic carbocycles. The molecule has 0 saturated carbocycles. The third-order valence-corrected chi connectivity index (χ3v) is 6.86. The number of thioether (sulfide) groups is 1. The molecule has 1 N–H and O–H groups in total. The first-order chi connectivity index (χ1) is 12.8. The SMILES string of the molecule is CCNc1nnc(SCC(=O)N2c3ccccc3Sc3ccccc32)s1. The van der Waals surface area contributed by atoms with Gasteiger partial charge in [0, 0.05) is 16.3 Å². The number of hydrogen-bond donors (Lipinski definition) is 1. The maximum atomic E-state index is 13.1. The molecule has 1 aliphatic rings. The van der Waals surface area contributed by atoms with Crippen LogP contribution < -0.4 is 10.2 Å². The van der Waals surface area contributed by atoms with Gasteiger partial charge in [-0.3, -0.25) is 9.69 Å². The molecule has 1 aromatic heterocycles. The number of carbonyl (C=O) groups excluding carboxylic acids is 1. The first-order valence-corrected chi connectivity index (χ1v) is 10.8. The number of benzene rings is 2. The molecule has 2 aromatic carbocycles. The van der Waals surface area contributed by atoms with E-state index >= 15 is 0 Å². The lowest BCUT2D eigenvalue weighted by molar-refractivity contribution is -0.115. The fourth-order valence-corrected chi connectivity index (χ4v) is 5.38. The summed E-state index contributed by atoms with van der Waals surface area (Å²) in [5.41, 5.74) is 1.87. The minimum absolute atomic E-state index is 0.0374. The molecule has 0 fully saturated rings. The van der Waals surface area contributed by atoms with Crippen LogP contribution in [-0.2, 0) is 4.79 Å². The second-order valence-corrected chi connectivity index (χ2v) is 8.74. The molecule has 0 radical (unpaired) electrons. The van der Waals surface area contributed by atoms with Crippen LogP contribution in [0.4, 0.5) is 16.5 Å². The predicted molar refractivity (Wildman–Crippen MR) is 109 cm³/mol. The molecule has 2 heterocycles. The molecule has 8 heteroatoms. The average molecular weight is 401 g/mol. The van der Waals surface area contributed by atoms with Crippen molar-refractivity contribution >= 4 is 57.3 Å². The second-order valence-electron chi connectivity index (χ2n) is 5.46. The average Bonchev–Trinajstić information content (AvgIpc) is 3.12. The minimum atomic E-state index is 0.0374. The van der Waals surface area contributed by atoms with Crippen LogP contribution in [0.15, 0.2) is 62.7 Å². The zero-order valence-corrected chi connectivity index (χ0v) is 16.5. The summed E-state index contributed by atoms with van der Waals surface area (Å²) in [4.78, 5) is 17.1. The Hall–Kier alpha value is -2.03. The Kier molecular flexibility index (Phi) is 5.14. The number of anilines is 3. The number of amides is 1. The number of fused-ring (bicyclic) bond motifs is 2. The lowest BCUT2D eigenvalue weighted by atomic mass is 10.2. The van der Waals surface area contributed by atoms with Gasteiger partial charge in [-0.1, -0.05) is 59.1 Å². The fraction of sp³-hybridized carbons (Fsp3) is 0.167. The number of hydrogen-bond acceptors (Lipinski definition) is 7. The van der Waals surface area contributed by atoms with Crippen molar-refractivity contribution < 1.29 is 4.79 Å². The summed E-state index contributed by atoms with van der Waals surface area (Å²) in [6.45, 7) is 2.82. The van der Waals surface area contributed by atoms with Gasteiger partial charge in [0.05, 0.1) is 17.1 Å². The van der Waals surface area contributed by atoms with Gasteiger partial charge in [0.1, 0.15) is 0 Å². The molecule has 0 unspecified atom stereocenters. The van der Waals surface area contributed by atoms with Gasteiger partial charge in [-0.05, 0) is 31.2 Å². The van der Waals surface area contributed by atoms with E-state index in [1.165, 1.54) is 23.1 Å². The van der Waals surface area contributed by atoms with E-state index in [0.717, 1.165) is 37.2 Å². The van der Waals surface area contributed by atoms with Crippen molar-refractivity contribution in [1.29, 1.82) is 0 Å². The van der Waals surface area contributed by atoms with Crippen molar-refractivity contribution in [2.45, 2.75) is 21.1 Å². The number of nitrogens with zero attached hydrogens (tertiary/aromatic N) is 3. The summed E-state index contributed by atoms with van der Waals surface area (Å²) in [7, 11) is 0. The topological polar surface area (TPSA) is 58.1 Å². The molecule has 1 amide bonds. The van der Waals surface area contributed by atoms with Crippen LogP contribution in [0.25, 0.3) is 0 Å².